The quantitative estimate of drug-likeness (QED) is 0.707. The maximum Gasteiger partial charge on any atom is 0.346 e. The van der Waals surface area contributed by atoms with Gasteiger partial charge < -0.3 is 15.5 Å². The molecule has 0 saturated heterocycles. The van der Waals surface area contributed by atoms with Gasteiger partial charge in [0.1, 0.15) is 4.88 Å². The molecule has 90 valence electrons. The van der Waals surface area contributed by atoms with E-state index in [0.717, 1.165) is 15.6 Å². The molecule has 0 aliphatic carbocycles. The lowest BCUT2D eigenvalue weighted by Crippen LogP contribution is -2.18. The smallest absolute Gasteiger partial charge is 0.346 e. The molecule has 0 saturated carbocycles. The SMILES string of the molecule is O=C(O)c1sc2ccccc2c1CNCCO. The number of hydrogen-bond acceptors (Lipinski definition) is 4. The zero-order valence-electron chi connectivity index (χ0n) is 9.14. The fourth-order valence-electron chi connectivity index (χ4n) is 1.74. The first-order valence-electron chi connectivity index (χ1n) is 5.29. The Labute approximate surface area is 103 Å². The summed E-state index contributed by atoms with van der Waals surface area (Å²) in [6, 6.07) is 7.64. The molecule has 0 fully saturated rings. The van der Waals surface area contributed by atoms with E-state index in [1.54, 1.807) is 0 Å². The van der Waals surface area contributed by atoms with E-state index in [9.17, 15) is 4.79 Å². The number of aliphatic hydroxyl groups is 1. The molecule has 1 heterocycles. The molecular weight excluding hydrogens is 238 g/mol. The van der Waals surface area contributed by atoms with E-state index in [2.05, 4.69) is 5.32 Å². The second-order valence-corrected chi connectivity index (χ2v) is 4.66. The van der Waals surface area contributed by atoms with E-state index < -0.39 is 5.97 Å². The van der Waals surface area contributed by atoms with Crippen LogP contribution in [0.15, 0.2) is 24.3 Å². The Morgan fingerprint density at radius 2 is 2.12 bits per heavy atom. The number of aliphatic hydroxyl groups excluding tert-OH is 1. The highest BCUT2D eigenvalue weighted by Gasteiger charge is 2.16. The van der Waals surface area contributed by atoms with Gasteiger partial charge in [-0.25, -0.2) is 4.79 Å². The first-order chi connectivity index (χ1) is 8.24. The zero-order chi connectivity index (χ0) is 12.3. The Kier molecular flexibility index (Phi) is 3.73. The lowest BCUT2D eigenvalue weighted by molar-refractivity contribution is 0.0701. The fourth-order valence-corrected chi connectivity index (χ4v) is 2.80. The average Bonchev–Trinajstić information content (AvgIpc) is 2.69. The van der Waals surface area contributed by atoms with Crippen LogP contribution in [0.4, 0.5) is 0 Å². The third-order valence-electron chi connectivity index (χ3n) is 2.48. The van der Waals surface area contributed by atoms with Crippen LogP contribution in [0.25, 0.3) is 10.1 Å². The maximum atomic E-state index is 11.2. The molecule has 2 rings (SSSR count). The monoisotopic (exact) mass is 251 g/mol. The molecule has 0 aliphatic rings. The minimum atomic E-state index is -0.896. The molecule has 1 aromatic heterocycles. The second kappa shape index (κ2) is 5.27. The highest BCUT2D eigenvalue weighted by atomic mass is 32.1. The lowest BCUT2D eigenvalue weighted by atomic mass is 10.1. The number of carbonyl (C=O) groups is 1. The number of carboxylic acid groups (broad SMARTS) is 1. The first kappa shape index (κ1) is 12.0. The minimum Gasteiger partial charge on any atom is -0.477 e. The van der Waals surface area contributed by atoms with Crippen LogP contribution >= 0.6 is 11.3 Å². The number of benzene rings is 1. The summed E-state index contributed by atoms with van der Waals surface area (Å²) >= 11 is 1.29. The van der Waals surface area contributed by atoms with Crippen molar-refractivity contribution < 1.29 is 15.0 Å². The molecule has 17 heavy (non-hydrogen) atoms. The summed E-state index contributed by atoms with van der Waals surface area (Å²) in [6.45, 7) is 0.972. The maximum absolute atomic E-state index is 11.2. The molecule has 2 aromatic rings. The number of carboxylic acids is 1. The normalized spacial score (nSPS) is 10.9. The van der Waals surface area contributed by atoms with Crippen molar-refractivity contribution in [3.05, 3.63) is 34.7 Å². The zero-order valence-corrected chi connectivity index (χ0v) is 9.96. The Bertz CT molecular complexity index is 536. The molecule has 4 nitrogen and oxygen atoms in total. The van der Waals surface area contributed by atoms with Crippen LogP contribution in [0.5, 0.6) is 0 Å². The number of rotatable bonds is 5. The molecule has 0 spiro atoms. The third-order valence-corrected chi connectivity index (χ3v) is 3.68. The summed E-state index contributed by atoms with van der Waals surface area (Å²) in [5.74, 6) is -0.896. The predicted molar refractivity (Wildman–Crippen MR) is 67.6 cm³/mol. The Morgan fingerprint density at radius 3 is 2.82 bits per heavy atom. The molecule has 0 amide bonds. The summed E-state index contributed by atoms with van der Waals surface area (Å²) in [5, 5.41) is 21.9. The van der Waals surface area contributed by atoms with E-state index in [4.69, 9.17) is 10.2 Å². The number of nitrogens with one attached hydrogen (secondary N) is 1. The van der Waals surface area contributed by atoms with Crippen LogP contribution in [-0.4, -0.2) is 29.3 Å². The van der Waals surface area contributed by atoms with Gasteiger partial charge in [0.15, 0.2) is 0 Å². The molecule has 0 bridgehead atoms. The largest absolute Gasteiger partial charge is 0.477 e. The molecule has 3 N–H and O–H groups in total. The second-order valence-electron chi connectivity index (χ2n) is 3.61. The molecule has 5 heteroatoms. The Balaban J connectivity index is 2.41. The number of fused-ring (bicyclic) bond motifs is 1. The topological polar surface area (TPSA) is 69.6 Å². The van der Waals surface area contributed by atoms with Crippen LogP contribution in [0, 0.1) is 0 Å². The van der Waals surface area contributed by atoms with Crippen molar-refractivity contribution in [2.75, 3.05) is 13.2 Å². The Hall–Kier alpha value is -1.43. The van der Waals surface area contributed by atoms with Crippen molar-refractivity contribution in [1.29, 1.82) is 0 Å². The fraction of sp³-hybridized carbons (Fsp3) is 0.250. The summed E-state index contributed by atoms with van der Waals surface area (Å²) in [7, 11) is 0. The van der Waals surface area contributed by atoms with E-state index in [1.807, 2.05) is 24.3 Å². The summed E-state index contributed by atoms with van der Waals surface area (Å²) in [5.41, 5.74) is 0.798. The molecule has 0 aliphatic heterocycles. The first-order valence-corrected chi connectivity index (χ1v) is 6.11. The van der Waals surface area contributed by atoms with Crippen molar-refractivity contribution in [2.24, 2.45) is 0 Å². The summed E-state index contributed by atoms with van der Waals surface area (Å²) in [6.07, 6.45) is 0. The van der Waals surface area contributed by atoms with Gasteiger partial charge in [-0.2, -0.15) is 0 Å². The van der Waals surface area contributed by atoms with E-state index >= 15 is 0 Å². The van der Waals surface area contributed by atoms with Crippen molar-refractivity contribution in [1.82, 2.24) is 5.32 Å². The van der Waals surface area contributed by atoms with Crippen LogP contribution in [0.2, 0.25) is 0 Å². The third kappa shape index (κ3) is 2.46. The van der Waals surface area contributed by atoms with Gasteiger partial charge >= 0.3 is 5.97 Å². The summed E-state index contributed by atoms with van der Waals surface area (Å²) in [4.78, 5) is 11.5. The molecule has 0 radical (unpaired) electrons. The van der Waals surface area contributed by atoms with Crippen molar-refractivity contribution >= 4 is 27.4 Å². The van der Waals surface area contributed by atoms with Crippen LogP contribution in [0.1, 0.15) is 15.2 Å². The molecule has 1 aromatic carbocycles. The van der Waals surface area contributed by atoms with Crippen LogP contribution < -0.4 is 5.32 Å². The standard InChI is InChI=1S/C12H13NO3S/c14-6-5-13-7-9-8-3-1-2-4-10(8)17-11(9)12(15)16/h1-4,13-14H,5-7H2,(H,15,16). The highest BCUT2D eigenvalue weighted by Crippen LogP contribution is 2.31. The van der Waals surface area contributed by atoms with Gasteiger partial charge in [-0.05, 0) is 17.0 Å². The highest BCUT2D eigenvalue weighted by molar-refractivity contribution is 7.21. The minimum absolute atomic E-state index is 0.0461. The van der Waals surface area contributed by atoms with Crippen molar-refractivity contribution in [3.63, 3.8) is 0 Å². The van der Waals surface area contributed by atoms with Crippen LogP contribution in [-0.2, 0) is 6.54 Å². The number of aromatic carboxylic acids is 1. The van der Waals surface area contributed by atoms with E-state index in [1.165, 1.54) is 11.3 Å². The van der Waals surface area contributed by atoms with Gasteiger partial charge in [-0.3, -0.25) is 0 Å². The van der Waals surface area contributed by atoms with Crippen LogP contribution in [0.3, 0.4) is 0 Å². The van der Waals surface area contributed by atoms with Crippen molar-refractivity contribution in [2.45, 2.75) is 6.54 Å². The van der Waals surface area contributed by atoms with Gasteiger partial charge in [-0.1, -0.05) is 18.2 Å². The van der Waals surface area contributed by atoms with Gasteiger partial charge in [0, 0.05) is 17.8 Å². The predicted octanol–water partition coefficient (Wildman–Crippen LogP) is 1.68. The van der Waals surface area contributed by atoms with Crippen molar-refractivity contribution in [3.8, 4) is 0 Å². The summed E-state index contributed by atoms with van der Waals surface area (Å²) < 4.78 is 0.977. The van der Waals surface area contributed by atoms with E-state index in [-0.39, 0.29) is 6.61 Å². The lowest BCUT2D eigenvalue weighted by Gasteiger charge is -2.03. The number of hydrogen-bond donors (Lipinski definition) is 3. The average molecular weight is 251 g/mol. The van der Waals surface area contributed by atoms with Gasteiger partial charge in [0.2, 0.25) is 0 Å². The number of thiophene rings is 1. The molecular formula is C12H13NO3S. The van der Waals surface area contributed by atoms with Gasteiger partial charge in [-0.15, -0.1) is 11.3 Å². The van der Waals surface area contributed by atoms with Gasteiger partial charge in [0.25, 0.3) is 0 Å². The Morgan fingerprint density at radius 1 is 1.35 bits per heavy atom. The van der Waals surface area contributed by atoms with Gasteiger partial charge in [0.05, 0.1) is 6.61 Å². The molecule has 0 unspecified atom stereocenters. The molecule has 0 atom stereocenters. The van der Waals surface area contributed by atoms with E-state index in [0.29, 0.717) is 18.0 Å².